The normalized spacial score (nSPS) is 11.1. The van der Waals surface area contributed by atoms with E-state index in [2.05, 4.69) is 118 Å². The summed E-state index contributed by atoms with van der Waals surface area (Å²) in [5, 5.41) is 0. The topological polar surface area (TPSA) is 6.48 Å². The van der Waals surface area contributed by atoms with Gasteiger partial charge in [0.2, 0.25) is 0 Å². The third-order valence-corrected chi connectivity index (χ3v) is 7.03. The van der Waals surface area contributed by atoms with E-state index in [0.29, 0.717) is 0 Å². The van der Waals surface area contributed by atoms with Crippen LogP contribution in [0.25, 0.3) is 0 Å². The lowest BCUT2D eigenvalue weighted by Gasteiger charge is -2.28. The van der Waals surface area contributed by atoms with E-state index >= 15 is 0 Å². The number of hydrogen-bond acceptors (Lipinski definition) is 2. The van der Waals surface area contributed by atoms with Crippen LogP contribution in [-0.4, -0.2) is 26.2 Å². The van der Waals surface area contributed by atoms with E-state index in [1.165, 1.54) is 39.2 Å². The van der Waals surface area contributed by atoms with Gasteiger partial charge in [-0.3, -0.25) is 0 Å². The summed E-state index contributed by atoms with van der Waals surface area (Å²) in [6.07, 6.45) is 2.07. The summed E-state index contributed by atoms with van der Waals surface area (Å²) >= 11 is 0. The summed E-state index contributed by atoms with van der Waals surface area (Å²) in [5.41, 5.74) is 9.80. The average Bonchev–Trinajstić information content (AvgIpc) is 2.87. The zero-order valence-corrected chi connectivity index (χ0v) is 21.6. The minimum atomic E-state index is 0.243. The second-order valence-electron chi connectivity index (χ2n) is 8.66. The fourth-order valence-electron chi connectivity index (χ4n) is 5.10. The maximum Gasteiger partial charge on any atom is 0.0368 e. The Hall–Kier alpha value is -2.74. The van der Waals surface area contributed by atoms with Crippen LogP contribution >= 0.6 is 0 Å². The molecule has 0 spiro atoms. The highest BCUT2D eigenvalue weighted by molar-refractivity contribution is 5.59. The van der Waals surface area contributed by atoms with Gasteiger partial charge in [0.25, 0.3) is 0 Å². The molecule has 0 saturated carbocycles. The minimum Gasteiger partial charge on any atom is -0.372 e. The molecule has 0 aromatic heterocycles. The van der Waals surface area contributed by atoms with E-state index < -0.39 is 0 Å². The molecule has 0 unspecified atom stereocenters. The first kappa shape index (κ1) is 24.9. The van der Waals surface area contributed by atoms with Crippen molar-refractivity contribution < 1.29 is 0 Å². The maximum atomic E-state index is 2.44. The molecule has 0 aliphatic carbocycles. The molecule has 176 valence electrons. The summed E-state index contributed by atoms with van der Waals surface area (Å²) < 4.78 is 0. The lowest BCUT2D eigenvalue weighted by molar-refractivity contribution is 0.853. The Balaban J connectivity index is 2.19. The Labute approximate surface area is 202 Å². The molecule has 0 amide bonds. The quantitative estimate of drug-likeness (QED) is 0.281. The summed E-state index contributed by atoms with van der Waals surface area (Å²) in [7, 11) is 0. The number of aryl methyl sites for hydroxylation is 2. The molecule has 0 fully saturated rings. The van der Waals surface area contributed by atoms with Crippen molar-refractivity contribution in [2.45, 2.75) is 60.3 Å². The number of nitrogens with zero attached hydrogens (tertiary/aromatic N) is 2. The van der Waals surface area contributed by atoms with E-state index in [4.69, 9.17) is 0 Å². The Bertz CT molecular complexity index is 937. The lowest BCUT2D eigenvalue weighted by Crippen LogP contribution is -2.22. The van der Waals surface area contributed by atoms with Gasteiger partial charge in [0.15, 0.2) is 0 Å². The van der Waals surface area contributed by atoms with E-state index in [1.807, 2.05) is 0 Å². The average molecular weight is 443 g/mol. The van der Waals surface area contributed by atoms with Crippen molar-refractivity contribution in [1.82, 2.24) is 0 Å². The summed E-state index contributed by atoms with van der Waals surface area (Å²) in [4.78, 5) is 4.88. The van der Waals surface area contributed by atoms with Crippen LogP contribution in [0.15, 0.2) is 66.7 Å². The maximum absolute atomic E-state index is 2.44. The third kappa shape index (κ3) is 5.43. The lowest BCUT2D eigenvalue weighted by atomic mass is 9.79. The molecule has 33 heavy (non-hydrogen) atoms. The minimum absolute atomic E-state index is 0.243. The van der Waals surface area contributed by atoms with Gasteiger partial charge in [0.05, 0.1) is 0 Å². The van der Waals surface area contributed by atoms with E-state index in [1.54, 1.807) is 0 Å². The summed E-state index contributed by atoms with van der Waals surface area (Å²) in [6, 6.07) is 25.3. The molecule has 3 rings (SSSR count). The highest BCUT2D eigenvalue weighted by Crippen LogP contribution is 2.38. The molecule has 0 radical (unpaired) electrons. The Morgan fingerprint density at radius 1 is 0.545 bits per heavy atom. The van der Waals surface area contributed by atoms with Crippen LogP contribution in [0.4, 0.5) is 11.4 Å². The number of hydrogen-bond donors (Lipinski definition) is 0. The predicted molar refractivity (Wildman–Crippen MR) is 146 cm³/mol. The molecule has 0 N–H and O–H groups in total. The molecule has 2 heteroatoms. The van der Waals surface area contributed by atoms with Gasteiger partial charge < -0.3 is 9.80 Å². The highest BCUT2D eigenvalue weighted by atomic mass is 15.1. The summed E-state index contributed by atoms with van der Waals surface area (Å²) in [6.45, 7) is 17.7. The Morgan fingerprint density at radius 2 is 0.970 bits per heavy atom. The first-order chi connectivity index (χ1) is 16.1. The van der Waals surface area contributed by atoms with Crippen molar-refractivity contribution in [1.29, 1.82) is 0 Å². The molecular weight excluding hydrogens is 400 g/mol. The molecule has 0 aliphatic heterocycles. The molecule has 0 bridgehead atoms. The third-order valence-electron chi connectivity index (χ3n) is 7.03. The van der Waals surface area contributed by atoms with Crippen molar-refractivity contribution >= 4 is 11.4 Å². The van der Waals surface area contributed by atoms with Crippen molar-refractivity contribution in [2.75, 3.05) is 36.0 Å². The fourth-order valence-corrected chi connectivity index (χ4v) is 5.10. The number of benzene rings is 3. The molecule has 3 aromatic rings. The van der Waals surface area contributed by atoms with E-state index in [-0.39, 0.29) is 5.92 Å². The zero-order chi connectivity index (χ0) is 23.8. The second-order valence-corrected chi connectivity index (χ2v) is 8.66. The Morgan fingerprint density at radius 3 is 1.33 bits per heavy atom. The van der Waals surface area contributed by atoms with Crippen LogP contribution < -0.4 is 9.80 Å². The van der Waals surface area contributed by atoms with Gasteiger partial charge in [-0.25, -0.2) is 0 Å². The van der Waals surface area contributed by atoms with E-state index in [9.17, 15) is 0 Å². The van der Waals surface area contributed by atoms with Crippen molar-refractivity contribution in [3.8, 4) is 0 Å². The largest absolute Gasteiger partial charge is 0.372 e. The second kappa shape index (κ2) is 11.9. The van der Waals surface area contributed by atoms with Gasteiger partial charge in [-0.1, -0.05) is 56.3 Å². The van der Waals surface area contributed by atoms with Gasteiger partial charge in [-0.15, -0.1) is 0 Å². The number of rotatable bonds is 11. The van der Waals surface area contributed by atoms with Crippen molar-refractivity contribution in [3.05, 3.63) is 94.5 Å². The molecule has 3 aromatic carbocycles. The molecule has 0 atom stereocenters. The summed E-state index contributed by atoms with van der Waals surface area (Å²) in [5.74, 6) is 0.243. The molecule has 0 aliphatic rings. The molecule has 2 nitrogen and oxygen atoms in total. The molecular formula is C31H42N2. The monoisotopic (exact) mass is 442 g/mol. The fraction of sp³-hybridized carbons (Fsp3) is 0.419. The van der Waals surface area contributed by atoms with Gasteiger partial charge in [-0.05, 0) is 92.6 Å². The van der Waals surface area contributed by atoms with Crippen LogP contribution in [-0.2, 0) is 12.8 Å². The van der Waals surface area contributed by atoms with Crippen LogP contribution in [0.3, 0.4) is 0 Å². The SMILES string of the molecule is CCc1cc(N(CC)CC)ccc1C(c1ccccc1)c1ccc(N(CC)CC)cc1CC. The highest BCUT2D eigenvalue weighted by Gasteiger charge is 2.23. The van der Waals surface area contributed by atoms with E-state index in [0.717, 1.165) is 39.0 Å². The zero-order valence-electron chi connectivity index (χ0n) is 21.6. The van der Waals surface area contributed by atoms with Gasteiger partial charge in [0.1, 0.15) is 0 Å². The molecule has 0 heterocycles. The van der Waals surface area contributed by atoms with Gasteiger partial charge in [-0.2, -0.15) is 0 Å². The molecule has 0 saturated heterocycles. The van der Waals surface area contributed by atoms with Gasteiger partial charge in [0, 0.05) is 43.5 Å². The standard InChI is InChI=1S/C31H42N2/c1-7-24-22-27(32(9-3)10-4)18-20-29(24)31(26-16-14-13-15-17-26)30-21-19-28(23-25(30)8-2)33(11-5)12-6/h13-23,31H,7-12H2,1-6H3. The van der Waals surface area contributed by atoms with Crippen LogP contribution in [0.5, 0.6) is 0 Å². The van der Waals surface area contributed by atoms with Crippen molar-refractivity contribution in [3.63, 3.8) is 0 Å². The smallest absolute Gasteiger partial charge is 0.0368 e. The van der Waals surface area contributed by atoms with Crippen molar-refractivity contribution in [2.24, 2.45) is 0 Å². The van der Waals surface area contributed by atoms with Crippen LogP contribution in [0.1, 0.15) is 75.3 Å². The Kier molecular flexibility index (Phi) is 9.00. The first-order valence-corrected chi connectivity index (χ1v) is 12.9. The number of anilines is 2. The predicted octanol–water partition coefficient (Wildman–Crippen LogP) is 7.68. The van der Waals surface area contributed by atoms with Crippen LogP contribution in [0, 0.1) is 0 Å². The van der Waals surface area contributed by atoms with Crippen LogP contribution in [0.2, 0.25) is 0 Å². The first-order valence-electron chi connectivity index (χ1n) is 12.9. The van der Waals surface area contributed by atoms with Gasteiger partial charge >= 0.3 is 0 Å².